The zero-order chi connectivity index (χ0) is 18.1. The topological polar surface area (TPSA) is 96.4 Å². The molecular weight excluding hydrogens is 334 g/mol. The first-order valence-corrected chi connectivity index (χ1v) is 7.99. The largest absolute Gasteiger partial charge is 0.470 e. The summed E-state index contributed by atoms with van der Waals surface area (Å²) in [6, 6.07) is 13.9. The fourth-order valence-corrected chi connectivity index (χ4v) is 2.79. The predicted octanol–water partition coefficient (Wildman–Crippen LogP) is 1.96. The summed E-state index contributed by atoms with van der Waals surface area (Å²) >= 11 is 0. The molecule has 0 bridgehead atoms. The third-order valence-corrected chi connectivity index (χ3v) is 4.18. The standard InChI is InChI=1S/C19H13N3O4/c20-9-13-5-3-7-21-17(13)25-14-10-22(11-14)18(23)15-8-12-4-1-2-6-16(12)26-19(15)24/h1-8,14H,10-11H2. The van der Waals surface area contributed by atoms with Gasteiger partial charge in [-0.15, -0.1) is 0 Å². The molecule has 0 radical (unpaired) electrons. The Hall–Kier alpha value is -3.66. The minimum atomic E-state index is -0.658. The number of carbonyl (C=O) groups is 1. The Morgan fingerprint density at radius 3 is 2.88 bits per heavy atom. The van der Waals surface area contributed by atoms with Crippen LogP contribution in [0.2, 0.25) is 0 Å². The average molecular weight is 347 g/mol. The van der Waals surface area contributed by atoms with E-state index in [-0.39, 0.29) is 17.5 Å². The number of hydrogen-bond donors (Lipinski definition) is 0. The van der Waals surface area contributed by atoms with E-state index in [2.05, 4.69) is 4.98 Å². The maximum atomic E-state index is 12.6. The van der Waals surface area contributed by atoms with Gasteiger partial charge in [-0.2, -0.15) is 5.26 Å². The molecule has 3 heterocycles. The molecule has 0 N–H and O–H groups in total. The fraction of sp³-hybridized carbons (Fsp3) is 0.158. The molecular formula is C19H13N3O4. The maximum Gasteiger partial charge on any atom is 0.349 e. The van der Waals surface area contributed by atoms with Crippen LogP contribution in [-0.4, -0.2) is 35.0 Å². The molecule has 1 fully saturated rings. The van der Waals surface area contributed by atoms with Gasteiger partial charge in [0.1, 0.15) is 28.9 Å². The summed E-state index contributed by atoms with van der Waals surface area (Å²) in [7, 11) is 0. The van der Waals surface area contributed by atoms with Crippen LogP contribution in [0.5, 0.6) is 5.88 Å². The Balaban J connectivity index is 1.48. The molecule has 1 saturated heterocycles. The minimum Gasteiger partial charge on any atom is -0.470 e. The number of carbonyl (C=O) groups excluding carboxylic acids is 1. The number of fused-ring (bicyclic) bond motifs is 1. The highest BCUT2D eigenvalue weighted by Gasteiger charge is 2.35. The summed E-state index contributed by atoms with van der Waals surface area (Å²) in [6.45, 7) is 0.624. The van der Waals surface area contributed by atoms with Gasteiger partial charge in [0.25, 0.3) is 5.91 Å². The highest BCUT2D eigenvalue weighted by atomic mass is 16.5. The fourth-order valence-electron chi connectivity index (χ4n) is 2.79. The van der Waals surface area contributed by atoms with E-state index in [1.54, 1.807) is 36.4 Å². The summed E-state index contributed by atoms with van der Waals surface area (Å²) in [6.07, 6.45) is 1.27. The normalized spacial score (nSPS) is 13.9. The second-order valence-corrected chi connectivity index (χ2v) is 5.90. The highest BCUT2D eigenvalue weighted by Crippen LogP contribution is 2.21. The number of para-hydroxylation sites is 1. The molecule has 128 valence electrons. The molecule has 3 aromatic rings. The summed E-state index contributed by atoms with van der Waals surface area (Å²) in [5.74, 6) is -0.150. The molecule has 7 heteroatoms. The summed E-state index contributed by atoms with van der Waals surface area (Å²) in [5, 5.41) is 9.74. The van der Waals surface area contributed by atoms with E-state index in [0.29, 0.717) is 29.6 Å². The number of pyridine rings is 1. The van der Waals surface area contributed by atoms with E-state index >= 15 is 0 Å². The van der Waals surface area contributed by atoms with Crippen molar-refractivity contribution in [3.8, 4) is 11.9 Å². The molecule has 1 aliphatic heterocycles. The number of nitrogens with zero attached hydrogens (tertiary/aromatic N) is 3. The highest BCUT2D eigenvalue weighted by molar-refractivity contribution is 5.97. The van der Waals surface area contributed by atoms with Gasteiger partial charge in [0.05, 0.1) is 13.1 Å². The first-order valence-electron chi connectivity index (χ1n) is 7.99. The minimum absolute atomic E-state index is 0.00213. The van der Waals surface area contributed by atoms with Gasteiger partial charge in [-0.1, -0.05) is 18.2 Å². The zero-order valence-corrected chi connectivity index (χ0v) is 13.6. The van der Waals surface area contributed by atoms with Gasteiger partial charge >= 0.3 is 5.63 Å². The lowest BCUT2D eigenvalue weighted by Gasteiger charge is -2.38. The number of benzene rings is 1. The first kappa shape index (κ1) is 15.8. The van der Waals surface area contributed by atoms with Crippen molar-refractivity contribution < 1.29 is 13.9 Å². The van der Waals surface area contributed by atoms with Crippen molar-refractivity contribution in [2.24, 2.45) is 0 Å². The zero-order valence-electron chi connectivity index (χ0n) is 13.6. The van der Waals surface area contributed by atoms with Crippen LogP contribution in [0.25, 0.3) is 11.0 Å². The summed E-state index contributed by atoms with van der Waals surface area (Å²) < 4.78 is 10.9. The lowest BCUT2D eigenvalue weighted by Crippen LogP contribution is -2.56. The monoisotopic (exact) mass is 347 g/mol. The quantitative estimate of drug-likeness (QED) is 0.672. The lowest BCUT2D eigenvalue weighted by atomic mass is 10.1. The predicted molar refractivity (Wildman–Crippen MR) is 91.8 cm³/mol. The molecule has 26 heavy (non-hydrogen) atoms. The van der Waals surface area contributed by atoms with Gasteiger partial charge in [0, 0.05) is 11.6 Å². The number of likely N-dealkylation sites (tertiary alicyclic amines) is 1. The Bertz CT molecular complexity index is 1090. The Labute approximate surface area is 148 Å². The van der Waals surface area contributed by atoms with Crippen LogP contribution in [0.4, 0.5) is 0 Å². The first-order chi connectivity index (χ1) is 12.7. The molecule has 1 aliphatic rings. The van der Waals surface area contributed by atoms with E-state index < -0.39 is 11.5 Å². The number of ether oxygens (including phenoxy) is 1. The molecule has 7 nitrogen and oxygen atoms in total. The van der Waals surface area contributed by atoms with Crippen molar-refractivity contribution in [3.63, 3.8) is 0 Å². The van der Waals surface area contributed by atoms with Crippen molar-refractivity contribution in [2.75, 3.05) is 13.1 Å². The second-order valence-electron chi connectivity index (χ2n) is 5.90. The third-order valence-electron chi connectivity index (χ3n) is 4.18. The van der Waals surface area contributed by atoms with Crippen molar-refractivity contribution in [2.45, 2.75) is 6.10 Å². The van der Waals surface area contributed by atoms with E-state index in [4.69, 9.17) is 14.4 Å². The van der Waals surface area contributed by atoms with Crippen molar-refractivity contribution in [3.05, 3.63) is 70.2 Å². The van der Waals surface area contributed by atoms with Crippen molar-refractivity contribution >= 4 is 16.9 Å². The summed E-state index contributed by atoms with van der Waals surface area (Å²) in [5.41, 5.74) is 0.123. The van der Waals surface area contributed by atoms with Crippen LogP contribution in [0, 0.1) is 11.3 Å². The third kappa shape index (κ3) is 2.78. The number of hydrogen-bond acceptors (Lipinski definition) is 6. The Morgan fingerprint density at radius 2 is 2.08 bits per heavy atom. The van der Waals surface area contributed by atoms with E-state index in [9.17, 15) is 9.59 Å². The van der Waals surface area contributed by atoms with Crippen LogP contribution in [0.1, 0.15) is 15.9 Å². The lowest BCUT2D eigenvalue weighted by molar-refractivity contribution is 0.0156. The van der Waals surface area contributed by atoms with Gasteiger partial charge in [0.15, 0.2) is 0 Å². The molecule has 0 atom stereocenters. The van der Waals surface area contributed by atoms with Crippen LogP contribution in [0.3, 0.4) is 0 Å². The Morgan fingerprint density at radius 1 is 1.27 bits per heavy atom. The van der Waals surface area contributed by atoms with Crippen LogP contribution in [0.15, 0.2) is 57.9 Å². The van der Waals surface area contributed by atoms with E-state index in [0.717, 1.165) is 0 Å². The Kier molecular flexibility index (Phi) is 3.86. The second kappa shape index (κ2) is 6.33. The average Bonchev–Trinajstić information content (AvgIpc) is 2.63. The molecule has 2 aromatic heterocycles. The number of aromatic nitrogens is 1. The van der Waals surface area contributed by atoms with E-state index in [1.165, 1.54) is 11.1 Å². The van der Waals surface area contributed by atoms with Gasteiger partial charge in [-0.3, -0.25) is 4.79 Å². The molecule has 0 spiro atoms. The molecule has 1 amide bonds. The molecule has 1 aromatic carbocycles. The number of rotatable bonds is 3. The molecule has 4 rings (SSSR count). The van der Waals surface area contributed by atoms with Gasteiger partial charge in [0.2, 0.25) is 5.88 Å². The maximum absolute atomic E-state index is 12.6. The van der Waals surface area contributed by atoms with Gasteiger partial charge in [-0.25, -0.2) is 9.78 Å². The van der Waals surface area contributed by atoms with Crippen LogP contribution >= 0.6 is 0 Å². The molecule has 0 saturated carbocycles. The van der Waals surface area contributed by atoms with Gasteiger partial charge < -0.3 is 14.1 Å². The SMILES string of the molecule is N#Cc1cccnc1OC1CN(C(=O)c2cc3ccccc3oc2=O)C1. The van der Waals surface area contributed by atoms with Crippen molar-refractivity contribution in [1.82, 2.24) is 9.88 Å². The van der Waals surface area contributed by atoms with Gasteiger partial charge in [-0.05, 0) is 24.3 Å². The molecule has 0 aliphatic carbocycles. The summed E-state index contributed by atoms with van der Waals surface area (Å²) in [4.78, 5) is 30.2. The van der Waals surface area contributed by atoms with Crippen LogP contribution < -0.4 is 10.4 Å². The number of amides is 1. The number of nitriles is 1. The van der Waals surface area contributed by atoms with Crippen molar-refractivity contribution in [1.29, 1.82) is 5.26 Å². The smallest absolute Gasteiger partial charge is 0.349 e. The molecule has 0 unspecified atom stereocenters. The van der Waals surface area contributed by atoms with E-state index in [1.807, 2.05) is 12.1 Å². The van der Waals surface area contributed by atoms with Crippen LogP contribution in [-0.2, 0) is 0 Å².